The molecule has 112 valence electrons. The zero-order chi connectivity index (χ0) is 15.0. The van der Waals surface area contributed by atoms with Crippen molar-refractivity contribution in [2.24, 2.45) is 0 Å². The number of amides is 1. The fourth-order valence-corrected chi connectivity index (χ4v) is 1.59. The van der Waals surface area contributed by atoms with E-state index in [2.05, 4.69) is 12.2 Å². The van der Waals surface area contributed by atoms with Gasteiger partial charge in [0.25, 0.3) is 0 Å². The highest BCUT2D eigenvalue weighted by Gasteiger charge is 2.08. The number of carbonyl (C=O) groups excluding carboxylic acids is 1. The average Bonchev–Trinajstić information content (AvgIpc) is 2.42. The standard InChI is InChI=1S/C15H24N2O3/c1-4-6-9-19-11(3)20-14-8-7-12(10-13(14)16)17-15(18)5-2/h7-8,10-11H,4-6,9,16H2,1-3H3,(H,17,18). The fourth-order valence-electron chi connectivity index (χ4n) is 1.59. The molecule has 0 bridgehead atoms. The number of anilines is 2. The van der Waals surface area contributed by atoms with Crippen LogP contribution in [0.2, 0.25) is 0 Å². The molecule has 0 aliphatic carbocycles. The second-order valence-corrected chi connectivity index (χ2v) is 4.56. The maximum atomic E-state index is 11.3. The first-order valence-corrected chi connectivity index (χ1v) is 7.04. The fraction of sp³-hybridized carbons (Fsp3) is 0.533. The minimum atomic E-state index is -0.347. The molecule has 3 N–H and O–H groups in total. The molecule has 1 rings (SSSR count). The molecule has 0 radical (unpaired) electrons. The first-order valence-electron chi connectivity index (χ1n) is 7.04. The van der Waals surface area contributed by atoms with Crippen LogP contribution in [-0.4, -0.2) is 18.8 Å². The highest BCUT2D eigenvalue weighted by atomic mass is 16.7. The highest BCUT2D eigenvalue weighted by molar-refractivity contribution is 5.91. The molecular weight excluding hydrogens is 256 g/mol. The van der Waals surface area contributed by atoms with Crippen LogP contribution in [0.15, 0.2) is 18.2 Å². The van der Waals surface area contributed by atoms with Gasteiger partial charge in [-0.3, -0.25) is 4.79 Å². The van der Waals surface area contributed by atoms with Crippen molar-refractivity contribution in [2.75, 3.05) is 17.7 Å². The summed E-state index contributed by atoms with van der Waals surface area (Å²) in [7, 11) is 0. The van der Waals surface area contributed by atoms with Crippen molar-refractivity contribution in [3.63, 3.8) is 0 Å². The van der Waals surface area contributed by atoms with Crippen LogP contribution in [0.25, 0.3) is 0 Å². The molecule has 1 atom stereocenters. The lowest BCUT2D eigenvalue weighted by molar-refractivity contribution is -0.115. The monoisotopic (exact) mass is 280 g/mol. The van der Waals surface area contributed by atoms with Crippen molar-refractivity contribution < 1.29 is 14.3 Å². The van der Waals surface area contributed by atoms with Crippen LogP contribution in [0.3, 0.4) is 0 Å². The van der Waals surface area contributed by atoms with Gasteiger partial charge in [0.05, 0.1) is 12.3 Å². The Hall–Kier alpha value is -1.75. The number of nitrogens with one attached hydrogen (secondary N) is 1. The van der Waals surface area contributed by atoms with Crippen LogP contribution in [0.5, 0.6) is 5.75 Å². The Bertz CT molecular complexity index is 435. The molecule has 0 fully saturated rings. The van der Waals surface area contributed by atoms with Gasteiger partial charge in [-0.25, -0.2) is 0 Å². The third kappa shape index (κ3) is 5.48. The number of ether oxygens (including phenoxy) is 2. The molecule has 5 heteroatoms. The van der Waals surface area contributed by atoms with E-state index in [0.29, 0.717) is 30.2 Å². The highest BCUT2D eigenvalue weighted by Crippen LogP contribution is 2.26. The summed E-state index contributed by atoms with van der Waals surface area (Å²) in [5.74, 6) is 0.512. The molecule has 1 unspecified atom stereocenters. The summed E-state index contributed by atoms with van der Waals surface area (Å²) in [5, 5.41) is 2.75. The molecule has 0 aliphatic heterocycles. The van der Waals surface area contributed by atoms with E-state index in [9.17, 15) is 4.79 Å². The second kappa shape index (κ2) is 8.43. The lowest BCUT2D eigenvalue weighted by atomic mass is 10.2. The van der Waals surface area contributed by atoms with Crippen molar-refractivity contribution in [3.8, 4) is 5.75 Å². The topological polar surface area (TPSA) is 73.6 Å². The minimum Gasteiger partial charge on any atom is -0.463 e. The van der Waals surface area contributed by atoms with Crippen LogP contribution < -0.4 is 15.8 Å². The number of rotatable bonds is 8. The Morgan fingerprint density at radius 1 is 1.40 bits per heavy atom. The van der Waals surface area contributed by atoms with E-state index in [1.165, 1.54) is 0 Å². The van der Waals surface area contributed by atoms with E-state index in [0.717, 1.165) is 12.8 Å². The lowest BCUT2D eigenvalue weighted by Crippen LogP contribution is -2.17. The van der Waals surface area contributed by atoms with E-state index in [1.54, 1.807) is 25.1 Å². The van der Waals surface area contributed by atoms with E-state index >= 15 is 0 Å². The van der Waals surface area contributed by atoms with Crippen LogP contribution >= 0.6 is 0 Å². The van der Waals surface area contributed by atoms with Gasteiger partial charge in [0.1, 0.15) is 5.75 Å². The molecule has 1 aromatic carbocycles. The van der Waals surface area contributed by atoms with Crippen LogP contribution in [0.4, 0.5) is 11.4 Å². The van der Waals surface area contributed by atoms with Gasteiger partial charge in [0.2, 0.25) is 5.91 Å². The van der Waals surface area contributed by atoms with Crippen LogP contribution in [0.1, 0.15) is 40.0 Å². The van der Waals surface area contributed by atoms with Crippen molar-refractivity contribution in [3.05, 3.63) is 18.2 Å². The Balaban J connectivity index is 2.57. The molecule has 5 nitrogen and oxygen atoms in total. The third-order valence-corrected chi connectivity index (χ3v) is 2.76. The third-order valence-electron chi connectivity index (χ3n) is 2.76. The number of hydrogen-bond donors (Lipinski definition) is 2. The number of hydrogen-bond acceptors (Lipinski definition) is 4. The van der Waals surface area contributed by atoms with Gasteiger partial charge >= 0.3 is 0 Å². The van der Waals surface area contributed by atoms with Crippen LogP contribution in [-0.2, 0) is 9.53 Å². The number of benzene rings is 1. The molecule has 1 aromatic rings. The Labute approximate surface area is 120 Å². The Kier molecular flexibility index (Phi) is 6.87. The lowest BCUT2D eigenvalue weighted by Gasteiger charge is -2.17. The summed E-state index contributed by atoms with van der Waals surface area (Å²) < 4.78 is 11.1. The SMILES string of the molecule is CCCCOC(C)Oc1ccc(NC(=O)CC)cc1N. The summed E-state index contributed by atoms with van der Waals surface area (Å²) in [6, 6.07) is 5.18. The Morgan fingerprint density at radius 3 is 2.75 bits per heavy atom. The van der Waals surface area contributed by atoms with Gasteiger partial charge < -0.3 is 20.5 Å². The summed E-state index contributed by atoms with van der Waals surface area (Å²) in [6.07, 6.45) is 2.17. The smallest absolute Gasteiger partial charge is 0.224 e. The van der Waals surface area contributed by atoms with Crippen molar-refractivity contribution >= 4 is 17.3 Å². The van der Waals surface area contributed by atoms with E-state index in [-0.39, 0.29) is 12.2 Å². The number of nitrogen functional groups attached to an aromatic ring is 1. The van der Waals surface area contributed by atoms with Crippen LogP contribution in [0, 0.1) is 0 Å². The number of carbonyl (C=O) groups is 1. The van der Waals surface area contributed by atoms with E-state index in [1.807, 2.05) is 6.92 Å². The van der Waals surface area contributed by atoms with E-state index in [4.69, 9.17) is 15.2 Å². The zero-order valence-corrected chi connectivity index (χ0v) is 12.4. The van der Waals surface area contributed by atoms with E-state index < -0.39 is 0 Å². The first-order chi connectivity index (χ1) is 9.56. The van der Waals surface area contributed by atoms with Gasteiger partial charge in [-0.15, -0.1) is 0 Å². The Morgan fingerprint density at radius 2 is 2.15 bits per heavy atom. The van der Waals surface area contributed by atoms with Gasteiger partial charge in [-0.1, -0.05) is 20.3 Å². The minimum absolute atomic E-state index is 0.0469. The maximum absolute atomic E-state index is 11.3. The summed E-state index contributed by atoms with van der Waals surface area (Å²) in [6.45, 7) is 6.41. The summed E-state index contributed by atoms with van der Waals surface area (Å²) >= 11 is 0. The molecule has 0 spiro atoms. The molecule has 1 amide bonds. The molecular formula is C15H24N2O3. The quantitative estimate of drug-likeness (QED) is 0.436. The van der Waals surface area contributed by atoms with Gasteiger partial charge in [0.15, 0.2) is 6.29 Å². The zero-order valence-electron chi connectivity index (χ0n) is 12.4. The summed E-state index contributed by atoms with van der Waals surface area (Å²) in [4.78, 5) is 11.3. The van der Waals surface area contributed by atoms with Crippen molar-refractivity contribution in [1.82, 2.24) is 0 Å². The average molecular weight is 280 g/mol. The molecule has 0 aliphatic rings. The number of unbranched alkanes of at least 4 members (excludes halogenated alkanes) is 1. The molecule has 0 heterocycles. The van der Waals surface area contributed by atoms with Crippen molar-refractivity contribution in [2.45, 2.75) is 46.3 Å². The normalized spacial score (nSPS) is 11.9. The largest absolute Gasteiger partial charge is 0.463 e. The maximum Gasteiger partial charge on any atom is 0.224 e. The summed E-state index contributed by atoms with van der Waals surface area (Å²) in [5.41, 5.74) is 7.05. The van der Waals surface area contributed by atoms with Gasteiger partial charge in [-0.2, -0.15) is 0 Å². The van der Waals surface area contributed by atoms with Gasteiger partial charge in [-0.05, 0) is 31.5 Å². The predicted molar refractivity (Wildman–Crippen MR) is 80.7 cm³/mol. The molecule has 0 saturated carbocycles. The van der Waals surface area contributed by atoms with Crippen molar-refractivity contribution in [1.29, 1.82) is 0 Å². The second-order valence-electron chi connectivity index (χ2n) is 4.56. The molecule has 0 aromatic heterocycles. The molecule has 0 saturated heterocycles. The molecule has 20 heavy (non-hydrogen) atoms. The van der Waals surface area contributed by atoms with Gasteiger partial charge in [0, 0.05) is 12.1 Å². The first kappa shape index (κ1) is 16.3. The number of nitrogens with two attached hydrogens (primary N) is 1. The predicted octanol–water partition coefficient (Wildman–Crippen LogP) is 3.16.